The predicted molar refractivity (Wildman–Crippen MR) is 64.1 cm³/mol. The summed E-state index contributed by atoms with van der Waals surface area (Å²) in [4.78, 5) is 0. The summed E-state index contributed by atoms with van der Waals surface area (Å²) in [7, 11) is 0. The molecule has 0 aliphatic rings. The van der Waals surface area contributed by atoms with Crippen LogP contribution in [0.15, 0.2) is 42.6 Å². The highest BCUT2D eigenvalue weighted by Crippen LogP contribution is 2.06. The molecule has 2 rings (SSSR count). The van der Waals surface area contributed by atoms with Crippen molar-refractivity contribution in [3.63, 3.8) is 0 Å². The van der Waals surface area contributed by atoms with Crippen LogP contribution in [0.4, 0.5) is 0 Å². The number of nitrogens with one attached hydrogen (secondary N) is 1. The summed E-state index contributed by atoms with van der Waals surface area (Å²) >= 11 is 0. The van der Waals surface area contributed by atoms with Crippen LogP contribution in [0.25, 0.3) is 5.69 Å². The zero-order valence-electron chi connectivity index (χ0n) is 8.93. The third-order valence-electron chi connectivity index (χ3n) is 2.20. The first kappa shape index (κ1) is 10.5. The Balaban J connectivity index is 2.06. The number of hydrogen-bond acceptors (Lipinski definition) is 2. The Morgan fingerprint density at radius 3 is 2.81 bits per heavy atom. The van der Waals surface area contributed by atoms with Gasteiger partial charge in [0.25, 0.3) is 0 Å². The molecule has 0 radical (unpaired) electrons. The Morgan fingerprint density at radius 2 is 2.06 bits per heavy atom. The average molecular weight is 211 g/mol. The highest BCUT2D eigenvalue weighted by molar-refractivity contribution is 5.30. The molecule has 3 heteroatoms. The van der Waals surface area contributed by atoms with Crippen LogP contribution in [0.3, 0.4) is 0 Å². The molecule has 1 aromatic carbocycles. The van der Waals surface area contributed by atoms with Crippen molar-refractivity contribution >= 4 is 0 Å². The monoisotopic (exact) mass is 211 g/mol. The SMILES string of the molecule is C#CCNCc1ccn(-c2ccccc2)n1. The van der Waals surface area contributed by atoms with E-state index in [0.717, 1.165) is 11.4 Å². The van der Waals surface area contributed by atoms with Gasteiger partial charge >= 0.3 is 0 Å². The van der Waals surface area contributed by atoms with E-state index in [0.29, 0.717) is 13.1 Å². The molecule has 16 heavy (non-hydrogen) atoms. The maximum Gasteiger partial charge on any atom is 0.0767 e. The van der Waals surface area contributed by atoms with Crippen LogP contribution < -0.4 is 5.32 Å². The van der Waals surface area contributed by atoms with Crippen molar-refractivity contribution in [2.45, 2.75) is 6.54 Å². The number of aromatic nitrogens is 2. The Hall–Kier alpha value is -2.05. The van der Waals surface area contributed by atoms with E-state index in [9.17, 15) is 0 Å². The van der Waals surface area contributed by atoms with Gasteiger partial charge in [-0.25, -0.2) is 4.68 Å². The summed E-state index contributed by atoms with van der Waals surface area (Å²) in [6.07, 6.45) is 7.10. The molecule has 1 aromatic heterocycles. The smallest absolute Gasteiger partial charge is 0.0767 e. The van der Waals surface area contributed by atoms with Crippen LogP contribution in [-0.2, 0) is 6.54 Å². The molecular weight excluding hydrogens is 198 g/mol. The predicted octanol–water partition coefficient (Wildman–Crippen LogP) is 1.60. The fourth-order valence-corrected chi connectivity index (χ4v) is 1.44. The molecule has 0 amide bonds. The van der Waals surface area contributed by atoms with Crippen molar-refractivity contribution in [1.82, 2.24) is 15.1 Å². The van der Waals surface area contributed by atoms with Gasteiger partial charge in [-0.2, -0.15) is 5.10 Å². The molecule has 2 aromatic rings. The molecule has 0 unspecified atom stereocenters. The molecule has 1 N–H and O–H groups in total. The molecule has 0 aliphatic carbocycles. The summed E-state index contributed by atoms with van der Waals surface area (Å²) in [6, 6.07) is 12.0. The van der Waals surface area contributed by atoms with Crippen molar-refractivity contribution < 1.29 is 0 Å². The van der Waals surface area contributed by atoms with Gasteiger partial charge in [0.1, 0.15) is 0 Å². The third-order valence-corrected chi connectivity index (χ3v) is 2.20. The molecular formula is C13H13N3. The highest BCUT2D eigenvalue weighted by atomic mass is 15.3. The van der Waals surface area contributed by atoms with E-state index in [4.69, 9.17) is 6.42 Å². The molecule has 1 heterocycles. The van der Waals surface area contributed by atoms with Crippen LogP contribution >= 0.6 is 0 Å². The minimum Gasteiger partial charge on any atom is -0.300 e. The number of para-hydroxylation sites is 1. The van der Waals surface area contributed by atoms with Gasteiger partial charge < -0.3 is 5.32 Å². The van der Waals surface area contributed by atoms with Gasteiger partial charge in [0, 0.05) is 12.7 Å². The van der Waals surface area contributed by atoms with Crippen molar-refractivity contribution in [2.24, 2.45) is 0 Å². The topological polar surface area (TPSA) is 29.9 Å². The lowest BCUT2D eigenvalue weighted by molar-refractivity contribution is 0.727. The molecule has 0 saturated heterocycles. The minimum atomic E-state index is 0.568. The lowest BCUT2D eigenvalue weighted by Crippen LogP contribution is -2.13. The zero-order valence-corrected chi connectivity index (χ0v) is 8.93. The summed E-state index contributed by atoms with van der Waals surface area (Å²) < 4.78 is 1.85. The molecule has 0 spiro atoms. The number of rotatable bonds is 4. The summed E-state index contributed by atoms with van der Waals surface area (Å²) in [5.41, 5.74) is 2.05. The second-order valence-electron chi connectivity index (χ2n) is 3.39. The Morgan fingerprint density at radius 1 is 1.25 bits per heavy atom. The van der Waals surface area contributed by atoms with E-state index in [1.165, 1.54) is 0 Å². The number of hydrogen-bond donors (Lipinski definition) is 1. The largest absolute Gasteiger partial charge is 0.300 e. The van der Waals surface area contributed by atoms with Crippen molar-refractivity contribution in [3.05, 3.63) is 48.3 Å². The number of terminal acetylenes is 1. The molecule has 3 nitrogen and oxygen atoms in total. The van der Waals surface area contributed by atoms with Gasteiger partial charge in [-0.1, -0.05) is 24.1 Å². The molecule has 0 aliphatic heterocycles. The highest BCUT2D eigenvalue weighted by Gasteiger charge is 1.99. The van der Waals surface area contributed by atoms with Gasteiger partial charge in [-0.3, -0.25) is 0 Å². The van der Waals surface area contributed by atoms with Crippen LogP contribution in [0.2, 0.25) is 0 Å². The number of benzene rings is 1. The van der Waals surface area contributed by atoms with Gasteiger partial charge in [-0.05, 0) is 18.2 Å². The molecule has 0 fully saturated rings. The van der Waals surface area contributed by atoms with Gasteiger partial charge in [0.05, 0.1) is 17.9 Å². The van der Waals surface area contributed by atoms with Crippen molar-refractivity contribution in [3.8, 4) is 18.0 Å². The normalized spacial score (nSPS) is 9.94. The first-order valence-corrected chi connectivity index (χ1v) is 5.14. The van der Waals surface area contributed by atoms with E-state index in [1.807, 2.05) is 47.3 Å². The average Bonchev–Trinajstić information content (AvgIpc) is 2.79. The van der Waals surface area contributed by atoms with Crippen LogP contribution in [0.5, 0.6) is 0 Å². The van der Waals surface area contributed by atoms with E-state index in [1.54, 1.807) is 0 Å². The Kier molecular flexibility index (Phi) is 3.37. The first-order chi connectivity index (χ1) is 7.90. The minimum absolute atomic E-state index is 0.568. The second-order valence-corrected chi connectivity index (χ2v) is 3.39. The fraction of sp³-hybridized carbons (Fsp3) is 0.154. The van der Waals surface area contributed by atoms with Gasteiger partial charge in [0.2, 0.25) is 0 Å². The quantitative estimate of drug-likeness (QED) is 0.615. The second kappa shape index (κ2) is 5.15. The Bertz CT molecular complexity index is 479. The third kappa shape index (κ3) is 2.50. The summed E-state index contributed by atoms with van der Waals surface area (Å²) in [5, 5.41) is 7.54. The maximum atomic E-state index is 5.15. The molecule has 0 atom stereocenters. The fourth-order valence-electron chi connectivity index (χ4n) is 1.44. The lowest BCUT2D eigenvalue weighted by Gasteiger charge is -2.00. The van der Waals surface area contributed by atoms with Gasteiger partial charge in [0.15, 0.2) is 0 Å². The van der Waals surface area contributed by atoms with Crippen LogP contribution in [-0.4, -0.2) is 16.3 Å². The molecule has 0 bridgehead atoms. The van der Waals surface area contributed by atoms with E-state index in [-0.39, 0.29) is 0 Å². The van der Waals surface area contributed by atoms with Gasteiger partial charge in [-0.15, -0.1) is 6.42 Å². The first-order valence-electron chi connectivity index (χ1n) is 5.14. The lowest BCUT2D eigenvalue weighted by atomic mass is 10.3. The van der Waals surface area contributed by atoms with E-state index < -0.39 is 0 Å². The maximum absolute atomic E-state index is 5.15. The standard InChI is InChI=1S/C13H13N3/c1-2-9-14-11-12-8-10-16(15-12)13-6-4-3-5-7-13/h1,3-8,10,14H,9,11H2. The van der Waals surface area contributed by atoms with E-state index >= 15 is 0 Å². The summed E-state index contributed by atoms with van der Waals surface area (Å²) in [5.74, 6) is 2.53. The van der Waals surface area contributed by atoms with Crippen molar-refractivity contribution in [1.29, 1.82) is 0 Å². The molecule has 80 valence electrons. The van der Waals surface area contributed by atoms with Crippen LogP contribution in [0, 0.1) is 12.3 Å². The zero-order chi connectivity index (χ0) is 11.2. The van der Waals surface area contributed by atoms with Crippen LogP contribution in [0.1, 0.15) is 5.69 Å². The molecule has 0 saturated carbocycles. The number of nitrogens with zero attached hydrogens (tertiary/aromatic N) is 2. The summed E-state index contributed by atoms with van der Waals surface area (Å²) in [6.45, 7) is 1.27. The van der Waals surface area contributed by atoms with E-state index in [2.05, 4.69) is 16.3 Å². The van der Waals surface area contributed by atoms with Crippen molar-refractivity contribution in [2.75, 3.05) is 6.54 Å². The Labute approximate surface area is 95.1 Å².